The molecule has 0 radical (unpaired) electrons. The van der Waals surface area contributed by atoms with Crippen molar-refractivity contribution in [1.82, 2.24) is 10.3 Å². The number of hydrogen-bond acceptors (Lipinski definition) is 3. The van der Waals surface area contributed by atoms with Crippen LogP contribution in [0, 0.1) is 5.82 Å². The second-order valence-electron chi connectivity index (χ2n) is 6.34. The molecule has 1 N–H and O–H groups in total. The van der Waals surface area contributed by atoms with E-state index in [0.29, 0.717) is 17.7 Å². The van der Waals surface area contributed by atoms with E-state index >= 15 is 0 Å². The molecular formula is C23H23FN2O2. The number of pyridine rings is 1. The van der Waals surface area contributed by atoms with Crippen molar-refractivity contribution >= 4 is 16.8 Å². The molecule has 0 aliphatic heterocycles. The van der Waals surface area contributed by atoms with Crippen molar-refractivity contribution < 1.29 is 13.9 Å². The highest BCUT2D eigenvalue weighted by Crippen LogP contribution is 2.21. The maximum atomic E-state index is 14.6. The van der Waals surface area contributed by atoms with Crippen LogP contribution in [0.5, 0.6) is 5.75 Å². The van der Waals surface area contributed by atoms with Gasteiger partial charge in [0.05, 0.1) is 12.1 Å². The summed E-state index contributed by atoms with van der Waals surface area (Å²) >= 11 is 0. The largest absolute Gasteiger partial charge is 0.490 e. The van der Waals surface area contributed by atoms with Crippen molar-refractivity contribution in [2.24, 2.45) is 0 Å². The lowest BCUT2D eigenvalue weighted by Gasteiger charge is -2.11. The number of amides is 1. The molecule has 3 aromatic rings. The van der Waals surface area contributed by atoms with Gasteiger partial charge in [-0.1, -0.05) is 37.3 Å². The van der Waals surface area contributed by atoms with Gasteiger partial charge in [-0.2, -0.15) is 0 Å². The minimum atomic E-state index is -0.440. The fourth-order valence-electron chi connectivity index (χ4n) is 2.82. The van der Waals surface area contributed by atoms with Crippen LogP contribution >= 0.6 is 0 Å². The van der Waals surface area contributed by atoms with Crippen LogP contribution in [-0.2, 0) is 6.54 Å². The number of halogens is 1. The van der Waals surface area contributed by atoms with Crippen LogP contribution in [0.4, 0.5) is 4.39 Å². The molecular weight excluding hydrogens is 355 g/mol. The first-order valence-electron chi connectivity index (χ1n) is 9.37. The summed E-state index contributed by atoms with van der Waals surface area (Å²) < 4.78 is 20.1. The molecule has 0 aliphatic carbocycles. The molecule has 0 saturated heterocycles. The molecule has 0 unspecified atom stereocenters. The SMILES string of the molecule is CCC=CCCOc1cccc(CNC(=O)c2ccc3ncccc3c2)c1F. The van der Waals surface area contributed by atoms with Crippen molar-refractivity contribution in [3.05, 3.63) is 83.8 Å². The van der Waals surface area contributed by atoms with E-state index in [-0.39, 0.29) is 18.2 Å². The van der Waals surface area contributed by atoms with Gasteiger partial charge in [-0.05, 0) is 43.2 Å². The maximum absolute atomic E-state index is 14.6. The molecule has 0 bridgehead atoms. The Labute approximate surface area is 164 Å². The van der Waals surface area contributed by atoms with Gasteiger partial charge < -0.3 is 10.1 Å². The molecule has 144 valence electrons. The van der Waals surface area contributed by atoms with Gasteiger partial charge in [-0.25, -0.2) is 4.39 Å². The number of carbonyl (C=O) groups is 1. The third kappa shape index (κ3) is 4.94. The molecule has 0 saturated carbocycles. The lowest BCUT2D eigenvalue weighted by molar-refractivity contribution is 0.0950. The Kier molecular flexibility index (Phi) is 6.73. The first-order valence-corrected chi connectivity index (χ1v) is 9.37. The number of nitrogens with zero attached hydrogens (tertiary/aromatic N) is 1. The summed E-state index contributed by atoms with van der Waals surface area (Å²) in [6.07, 6.45) is 7.47. The minimum Gasteiger partial charge on any atom is -0.490 e. The van der Waals surface area contributed by atoms with Crippen LogP contribution in [0.3, 0.4) is 0 Å². The molecule has 1 aromatic heterocycles. The van der Waals surface area contributed by atoms with Gasteiger partial charge in [-0.15, -0.1) is 0 Å². The molecule has 2 aromatic carbocycles. The van der Waals surface area contributed by atoms with E-state index in [9.17, 15) is 9.18 Å². The highest BCUT2D eigenvalue weighted by Gasteiger charge is 2.12. The summed E-state index contributed by atoms with van der Waals surface area (Å²) in [6, 6.07) is 14.0. The van der Waals surface area contributed by atoms with Gasteiger partial charge in [0.2, 0.25) is 0 Å². The highest BCUT2D eigenvalue weighted by molar-refractivity contribution is 5.97. The summed E-state index contributed by atoms with van der Waals surface area (Å²) in [5.74, 6) is -0.500. The molecule has 28 heavy (non-hydrogen) atoms. The molecule has 1 heterocycles. The topological polar surface area (TPSA) is 51.2 Å². The molecule has 0 fully saturated rings. The van der Waals surface area contributed by atoms with E-state index in [0.717, 1.165) is 23.7 Å². The quantitative estimate of drug-likeness (QED) is 0.441. The van der Waals surface area contributed by atoms with E-state index in [1.165, 1.54) is 0 Å². The predicted octanol–water partition coefficient (Wildman–Crippen LogP) is 5.04. The third-order valence-corrected chi connectivity index (χ3v) is 4.29. The van der Waals surface area contributed by atoms with E-state index in [1.807, 2.05) is 18.2 Å². The fraction of sp³-hybridized carbons (Fsp3) is 0.217. The summed E-state index contributed by atoms with van der Waals surface area (Å²) in [6.45, 7) is 2.56. The van der Waals surface area contributed by atoms with Crippen LogP contribution in [0.1, 0.15) is 35.7 Å². The summed E-state index contributed by atoms with van der Waals surface area (Å²) in [5.41, 5.74) is 1.72. The van der Waals surface area contributed by atoms with Crippen LogP contribution in [-0.4, -0.2) is 17.5 Å². The zero-order valence-electron chi connectivity index (χ0n) is 15.8. The second-order valence-corrected chi connectivity index (χ2v) is 6.34. The number of aromatic nitrogens is 1. The van der Waals surface area contributed by atoms with Crippen LogP contribution in [0.15, 0.2) is 66.9 Å². The zero-order chi connectivity index (χ0) is 19.8. The van der Waals surface area contributed by atoms with E-state index < -0.39 is 5.82 Å². The highest BCUT2D eigenvalue weighted by atomic mass is 19.1. The molecule has 1 amide bonds. The molecule has 0 spiro atoms. The Morgan fingerprint density at radius 1 is 1.18 bits per heavy atom. The molecule has 0 aliphatic rings. The Bertz CT molecular complexity index is 985. The van der Waals surface area contributed by atoms with E-state index in [1.54, 1.807) is 42.6 Å². The lowest BCUT2D eigenvalue weighted by Crippen LogP contribution is -2.23. The van der Waals surface area contributed by atoms with Gasteiger partial charge in [0, 0.05) is 29.3 Å². The molecule has 3 rings (SSSR count). The number of benzene rings is 2. The van der Waals surface area contributed by atoms with Crippen LogP contribution in [0.25, 0.3) is 10.9 Å². The molecule has 5 heteroatoms. The third-order valence-electron chi connectivity index (χ3n) is 4.29. The molecule has 0 atom stereocenters. The van der Waals surface area contributed by atoms with Gasteiger partial charge in [-0.3, -0.25) is 9.78 Å². The number of carbonyl (C=O) groups excluding carboxylic acids is 1. The fourth-order valence-corrected chi connectivity index (χ4v) is 2.82. The van der Waals surface area contributed by atoms with Crippen molar-refractivity contribution in [1.29, 1.82) is 0 Å². The van der Waals surface area contributed by atoms with E-state index in [4.69, 9.17) is 4.74 Å². The smallest absolute Gasteiger partial charge is 0.251 e. The minimum absolute atomic E-state index is 0.0860. The number of fused-ring (bicyclic) bond motifs is 1. The number of ether oxygens (including phenoxy) is 1. The van der Waals surface area contributed by atoms with Gasteiger partial charge >= 0.3 is 0 Å². The summed E-state index contributed by atoms with van der Waals surface area (Å²) in [5, 5.41) is 3.65. The Hall–Kier alpha value is -3.21. The number of nitrogens with one attached hydrogen (secondary N) is 1. The average molecular weight is 378 g/mol. The normalized spacial score (nSPS) is 11.1. The number of hydrogen-bond donors (Lipinski definition) is 1. The lowest BCUT2D eigenvalue weighted by atomic mass is 10.1. The average Bonchev–Trinajstić information content (AvgIpc) is 2.73. The monoisotopic (exact) mass is 378 g/mol. The predicted molar refractivity (Wildman–Crippen MR) is 109 cm³/mol. The number of rotatable bonds is 8. The van der Waals surface area contributed by atoms with Crippen molar-refractivity contribution in [2.75, 3.05) is 6.61 Å². The first-order chi connectivity index (χ1) is 13.7. The summed E-state index contributed by atoms with van der Waals surface area (Å²) in [7, 11) is 0. The number of allylic oxidation sites excluding steroid dienone is 1. The maximum Gasteiger partial charge on any atom is 0.251 e. The van der Waals surface area contributed by atoms with Crippen LogP contribution in [0.2, 0.25) is 0 Å². The zero-order valence-corrected chi connectivity index (χ0v) is 15.8. The van der Waals surface area contributed by atoms with Crippen molar-refractivity contribution in [3.8, 4) is 5.75 Å². The van der Waals surface area contributed by atoms with Gasteiger partial charge in [0.1, 0.15) is 0 Å². The van der Waals surface area contributed by atoms with Gasteiger partial charge in [0.15, 0.2) is 11.6 Å². The standard InChI is InChI=1S/C23H23FN2O2/c1-2-3-4-5-14-28-21-10-6-8-19(22(21)24)16-26-23(27)18-11-12-20-17(15-18)9-7-13-25-20/h3-4,6-13,15H,2,5,14,16H2,1H3,(H,26,27). The first kappa shape index (κ1) is 19.5. The van der Waals surface area contributed by atoms with Crippen molar-refractivity contribution in [3.63, 3.8) is 0 Å². The Morgan fingerprint density at radius 2 is 2.07 bits per heavy atom. The van der Waals surface area contributed by atoms with E-state index in [2.05, 4.69) is 23.3 Å². The van der Waals surface area contributed by atoms with Gasteiger partial charge in [0.25, 0.3) is 5.91 Å². The summed E-state index contributed by atoms with van der Waals surface area (Å²) in [4.78, 5) is 16.7. The Balaban J connectivity index is 1.62. The van der Waals surface area contributed by atoms with Crippen molar-refractivity contribution in [2.45, 2.75) is 26.3 Å². The van der Waals surface area contributed by atoms with Crippen LogP contribution < -0.4 is 10.1 Å². The molecule has 4 nitrogen and oxygen atoms in total. The second kappa shape index (κ2) is 9.65. The Morgan fingerprint density at radius 3 is 2.93 bits per heavy atom.